The average Bonchev–Trinajstić information content (AvgIpc) is 3.65. The van der Waals surface area contributed by atoms with Crippen LogP contribution in [0.1, 0.15) is 25.0 Å². The summed E-state index contributed by atoms with van der Waals surface area (Å²) in [5.74, 6) is 0. The first kappa shape index (κ1) is 32.9. The van der Waals surface area contributed by atoms with Crippen molar-refractivity contribution in [1.82, 2.24) is 0 Å². The van der Waals surface area contributed by atoms with Crippen LogP contribution >= 0.6 is 23.1 Å². The Morgan fingerprint density at radius 1 is 0.474 bits per heavy atom. The quantitative estimate of drug-likeness (QED) is 0.176. The van der Waals surface area contributed by atoms with Gasteiger partial charge in [0.05, 0.1) is 17.1 Å². The fraction of sp³-hybridized carbons (Fsp3) is 0.0566. The van der Waals surface area contributed by atoms with E-state index in [2.05, 4.69) is 206 Å². The predicted octanol–water partition coefficient (Wildman–Crippen LogP) is 16.1. The number of anilines is 6. The molecule has 9 aromatic carbocycles. The molecule has 0 radical (unpaired) electrons. The molecule has 12 rings (SSSR count). The largest absolute Gasteiger partial charge is 0.310 e. The summed E-state index contributed by atoms with van der Waals surface area (Å²) in [6.07, 6.45) is 0. The zero-order valence-electron chi connectivity index (χ0n) is 31.5. The lowest BCUT2D eigenvalue weighted by atomic mass is 9.76. The number of fused-ring (bicyclic) bond motifs is 7. The molecule has 0 spiro atoms. The van der Waals surface area contributed by atoms with Crippen LogP contribution in [0.15, 0.2) is 192 Å². The van der Waals surface area contributed by atoms with Crippen molar-refractivity contribution in [2.24, 2.45) is 0 Å². The first-order chi connectivity index (χ1) is 28.0. The molecule has 10 aromatic rings. The summed E-state index contributed by atoms with van der Waals surface area (Å²) in [5.41, 5.74) is 11.9. The van der Waals surface area contributed by atoms with E-state index in [1.54, 1.807) is 0 Å². The summed E-state index contributed by atoms with van der Waals surface area (Å²) < 4.78 is 2.63. The van der Waals surface area contributed by atoms with Crippen LogP contribution in [0.4, 0.5) is 34.1 Å². The number of thiophene rings is 1. The molecule has 0 saturated carbocycles. The number of rotatable bonds is 4. The number of para-hydroxylation sites is 3. The molecule has 2 aliphatic rings. The van der Waals surface area contributed by atoms with Crippen molar-refractivity contribution in [1.29, 1.82) is 0 Å². The van der Waals surface area contributed by atoms with Gasteiger partial charge in [-0.1, -0.05) is 141 Å². The van der Waals surface area contributed by atoms with Crippen LogP contribution in [0.2, 0.25) is 0 Å². The molecule has 0 saturated heterocycles. The Morgan fingerprint density at radius 2 is 1.14 bits per heavy atom. The summed E-state index contributed by atoms with van der Waals surface area (Å²) in [5, 5.41) is 7.78. The van der Waals surface area contributed by atoms with Gasteiger partial charge in [-0.2, -0.15) is 0 Å². The minimum Gasteiger partial charge on any atom is -0.310 e. The molecule has 0 aliphatic carbocycles. The lowest BCUT2D eigenvalue weighted by Gasteiger charge is -2.39. The van der Waals surface area contributed by atoms with Crippen LogP contribution < -0.4 is 9.80 Å². The Balaban J connectivity index is 1.19. The van der Waals surface area contributed by atoms with Gasteiger partial charge in [0.2, 0.25) is 0 Å². The zero-order chi connectivity index (χ0) is 37.8. The summed E-state index contributed by atoms with van der Waals surface area (Å²) >= 11 is 3.84. The van der Waals surface area contributed by atoms with Gasteiger partial charge < -0.3 is 9.80 Å². The monoisotopic (exact) mass is 764 g/mol. The molecule has 57 heavy (non-hydrogen) atoms. The first-order valence-electron chi connectivity index (χ1n) is 19.6. The van der Waals surface area contributed by atoms with Gasteiger partial charge in [0, 0.05) is 68.8 Å². The highest BCUT2D eigenvalue weighted by Crippen LogP contribution is 2.60. The van der Waals surface area contributed by atoms with Crippen molar-refractivity contribution >= 4 is 98.9 Å². The molecule has 3 heterocycles. The van der Waals surface area contributed by atoms with Gasteiger partial charge >= 0.3 is 0 Å². The van der Waals surface area contributed by atoms with Gasteiger partial charge in [-0.15, -0.1) is 11.3 Å². The Hall–Kier alpha value is -6.33. The zero-order valence-corrected chi connectivity index (χ0v) is 33.2. The van der Waals surface area contributed by atoms with Crippen LogP contribution in [0, 0.1) is 0 Å². The second-order valence-corrected chi connectivity index (χ2v) is 17.8. The maximum atomic E-state index is 2.54. The highest BCUT2D eigenvalue weighted by Gasteiger charge is 2.39. The van der Waals surface area contributed by atoms with E-state index in [1.807, 2.05) is 23.1 Å². The summed E-state index contributed by atoms with van der Waals surface area (Å²) in [6, 6.07) is 67.6. The van der Waals surface area contributed by atoms with Gasteiger partial charge in [-0.05, 0) is 94.2 Å². The molecule has 0 amide bonds. The summed E-state index contributed by atoms with van der Waals surface area (Å²) in [4.78, 5) is 7.65. The average molecular weight is 765 g/mol. The molecule has 270 valence electrons. The van der Waals surface area contributed by atoms with E-state index in [9.17, 15) is 0 Å². The second kappa shape index (κ2) is 12.3. The van der Waals surface area contributed by atoms with Crippen molar-refractivity contribution in [3.8, 4) is 11.1 Å². The summed E-state index contributed by atoms with van der Waals surface area (Å²) in [7, 11) is 0. The van der Waals surface area contributed by atoms with Crippen LogP contribution in [-0.4, -0.2) is 0 Å². The van der Waals surface area contributed by atoms with Gasteiger partial charge in [-0.25, -0.2) is 0 Å². The SMILES string of the molecule is CC1(C)c2cccc3c2Sc2c1cc(N(c1ccccc1)c1ccccc1)c1cccc(c21)-c1ccccc1N3c1ccc2sc3ccc4ccccc4c3c2c1. The Labute approximate surface area is 340 Å². The maximum Gasteiger partial charge on any atom is 0.0604 e. The molecule has 2 nitrogen and oxygen atoms in total. The lowest BCUT2D eigenvalue weighted by molar-refractivity contribution is 0.610. The molecular formula is C53H36N2S2. The maximum absolute atomic E-state index is 2.54. The van der Waals surface area contributed by atoms with Crippen molar-refractivity contribution < 1.29 is 0 Å². The molecule has 1 aromatic heterocycles. The molecular weight excluding hydrogens is 729 g/mol. The van der Waals surface area contributed by atoms with Gasteiger partial charge in [0.1, 0.15) is 0 Å². The van der Waals surface area contributed by atoms with Crippen LogP contribution in [0.25, 0.3) is 52.8 Å². The Kier molecular flexibility index (Phi) is 7.11. The third-order valence-corrected chi connectivity index (χ3v) is 14.6. The fourth-order valence-electron chi connectivity index (χ4n) is 9.51. The highest BCUT2D eigenvalue weighted by molar-refractivity contribution is 8.00. The van der Waals surface area contributed by atoms with E-state index in [4.69, 9.17) is 0 Å². The van der Waals surface area contributed by atoms with Crippen molar-refractivity contribution in [3.05, 3.63) is 193 Å². The van der Waals surface area contributed by atoms with Crippen molar-refractivity contribution in [2.75, 3.05) is 9.80 Å². The van der Waals surface area contributed by atoms with E-state index in [-0.39, 0.29) is 5.41 Å². The van der Waals surface area contributed by atoms with E-state index in [0.717, 1.165) is 11.4 Å². The Morgan fingerprint density at radius 3 is 1.96 bits per heavy atom. The van der Waals surface area contributed by atoms with Gasteiger partial charge in [-0.3, -0.25) is 0 Å². The summed E-state index contributed by atoms with van der Waals surface area (Å²) in [6.45, 7) is 4.84. The minimum absolute atomic E-state index is 0.282. The van der Waals surface area contributed by atoms with Gasteiger partial charge in [0.25, 0.3) is 0 Å². The highest BCUT2D eigenvalue weighted by atomic mass is 32.2. The van der Waals surface area contributed by atoms with Crippen LogP contribution in [0.5, 0.6) is 0 Å². The molecule has 0 unspecified atom stereocenters. The topological polar surface area (TPSA) is 6.48 Å². The fourth-order valence-corrected chi connectivity index (χ4v) is 12.3. The molecule has 2 aliphatic heterocycles. The molecule has 0 atom stereocenters. The molecule has 0 fully saturated rings. The molecule has 2 bridgehead atoms. The van der Waals surface area contributed by atoms with Crippen LogP contribution in [-0.2, 0) is 5.41 Å². The lowest BCUT2D eigenvalue weighted by Crippen LogP contribution is -2.26. The Bertz CT molecular complexity index is 3220. The third kappa shape index (κ3) is 4.78. The van der Waals surface area contributed by atoms with Crippen molar-refractivity contribution in [2.45, 2.75) is 29.1 Å². The predicted molar refractivity (Wildman–Crippen MR) is 245 cm³/mol. The van der Waals surface area contributed by atoms with E-state index < -0.39 is 0 Å². The molecule has 4 heteroatoms. The standard InChI is InChI=1S/C53H36N2S2/c1-53(2)42-24-14-26-45-51(42)57-52-43(53)32-46(54(34-16-5-3-6-17-34)35-18-7-4-8-19-35)40-23-13-22-39(50(40)52)38-21-11-12-25-44(38)55(45)36-28-30-47-41(31-36)49-37-20-10-9-15-33(37)27-29-48(49)56-47/h3-32H,1-2H3. The van der Waals surface area contributed by atoms with Crippen molar-refractivity contribution in [3.63, 3.8) is 0 Å². The second-order valence-electron chi connectivity index (χ2n) is 15.7. The van der Waals surface area contributed by atoms with Gasteiger partial charge in [0.15, 0.2) is 0 Å². The normalized spacial score (nSPS) is 13.8. The number of hydrogen-bond acceptors (Lipinski definition) is 4. The van der Waals surface area contributed by atoms with E-state index in [0.29, 0.717) is 0 Å². The smallest absolute Gasteiger partial charge is 0.0604 e. The third-order valence-electron chi connectivity index (χ3n) is 12.2. The van der Waals surface area contributed by atoms with Crippen LogP contribution in [0.3, 0.4) is 0 Å². The van der Waals surface area contributed by atoms with E-state index in [1.165, 1.54) is 96.5 Å². The number of hydrogen-bond donors (Lipinski definition) is 0. The molecule has 0 N–H and O–H groups in total. The number of benzene rings is 9. The van der Waals surface area contributed by atoms with E-state index >= 15 is 0 Å². The minimum atomic E-state index is -0.282. The number of nitrogens with zero attached hydrogens (tertiary/aromatic N) is 2. The first-order valence-corrected chi connectivity index (χ1v) is 21.2.